The summed E-state index contributed by atoms with van der Waals surface area (Å²) in [6, 6.07) is 14.8. The SMILES string of the molecule is CCCCCn1c(SCC(=O)N(C)Cc2ccccc2)nc2cc(C(=O)N3CCC(C(N)=O)CC3)ccc2c1=O. The lowest BCUT2D eigenvalue weighted by Crippen LogP contribution is -2.41. The summed E-state index contributed by atoms with van der Waals surface area (Å²) in [5.41, 5.74) is 7.17. The Morgan fingerprint density at radius 2 is 1.80 bits per heavy atom. The lowest BCUT2D eigenvalue weighted by molar-refractivity contribution is -0.127. The van der Waals surface area contributed by atoms with Crippen LogP contribution in [0.25, 0.3) is 10.9 Å². The number of nitrogens with zero attached hydrogens (tertiary/aromatic N) is 4. The molecule has 2 aromatic carbocycles. The predicted molar refractivity (Wildman–Crippen MR) is 157 cm³/mol. The molecule has 0 spiro atoms. The van der Waals surface area contributed by atoms with Gasteiger partial charge in [0.25, 0.3) is 11.5 Å². The molecule has 40 heavy (non-hydrogen) atoms. The highest BCUT2D eigenvalue weighted by atomic mass is 32.2. The van der Waals surface area contributed by atoms with Crippen molar-refractivity contribution in [3.63, 3.8) is 0 Å². The Morgan fingerprint density at radius 3 is 2.48 bits per heavy atom. The molecule has 0 saturated carbocycles. The molecule has 2 heterocycles. The van der Waals surface area contributed by atoms with E-state index in [-0.39, 0.29) is 35.0 Å². The quantitative estimate of drug-likeness (QED) is 0.216. The summed E-state index contributed by atoms with van der Waals surface area (Å²) in [5.74, 6) is -0.616. The lowest BCUT2D eigenvalue weighted by Gasteiger charge is -2.30. The fraction of sp³-hybridized carbons (Fsp3) is 0.433. The Morgan fingerprint density at radius 1 is 1.07 bits per heavy atom. The van der Waals surface area contributed by atoms with Gasteiger partial charge in [-0.3, -0.25) is 23.7 Å². The number of nitrogens with two attached hydrogens (primary N) is 1. The summed E-state index contributed by atoms with van der Waals surface area (Å²) in [6.07, 6.45) is 3.92. The van der Waals surface area contributed by atoms with E-state index in [9.17, 15) is 19.2 Å². The number of piperidine rings is 1. The van der Waals surface area contributed by atoms with E-state index >= 15 is 0 Å². The standard InChI is InChI=1S/C30H37N5O4S/c1-3-4-8-15-35-29(39)24-12-11-23(28(38)34-16-13-22(14-17-34)27(31)37)18-25(24)32-30(35)40-20-26(36)33(2)19-21-9-6-5-7-10-21/h5-7,9-12,18,22H,3-4,8,13-17,19-20H2,1-2H3,(H2,31,37). The van der Waals surface area contributed by atoms with Crippen molar-refractivity contribution >= 4 is 40.4 Å². The van der Waals surface area contributed by atoms with Crippen molar-refractivity contribution < 1.29 is 14.4 Å². The fourth-order valence-electron chi connectivity index (χ4n) is 4.89. The zero-order valence-corrected chi connectivity index (χ0v) is 24.0. The molecule has 3 amide bonds. The number of likely N-dealkylation sites (tertiary alicyclic amines) is 1. The monoisotopic (exact) mass is 563 g/mol. The van der Waals surface area contributed by atoms with Crippen LogP contribution in [0.2, 0.25) is 0 Å². The Bertz CT molecular complexity index is 1420. The first-order valence-corrected chi connectivity index (χ1v) is 14.8. The van der Waals surface area contributed by atoms with Gasteiger partial charge in [-0.05, 0) is 43.0 Å². The molecule has 0 aliphatic carbocycles. The maximum absolute atomic E-state index is 13.5. The average Bonchev–Trinajstić information content (AvgIpc) is 2.97. The smallest absolute Gasteiger partial charge is 0.262 e. The molecule has 0 atom stereocenters. The topological polar surface area (TPSA) is 119 Å². The maximum atomic E-state index is 13.5. The van der Waals surface area contributed by atoms with Crippen molar-refractivity contribution in [1.29, 1.82) is 0 Å². The van der Waals surface area contributed by atoms with Gasteiger partial charge in [0.15, 0.2) is 5.16 Å². The van der Waals surface area contributed by atoms with E-state index in [1.54, 1.807) is 39.6 Å². The van der Waals surface area contributed by atoms with Crippen molar-refractivity contribution in [2.45, 2.75) is 57.3 Å². The van der Waals surface area contributed by atoms with Crippen LogP contribution >= 0.6 is 11.8 Å². The second kappa shape index (κ2) is 13.6. The number of thioether (sulfide) groups is 1. The van der Waals surface area contributed by atoms with Crippen molar-refractivity contribution in [3.05, 3.63) is 70.0 Å². The molecule has 1 aliphatic heterocycles. The number of unbranched alkanes of at least 4 members (excludes halogenated alkanes) is 2. The molecule has 3 aromatic rings. The number of carbonyl (C=O) groups is 3. The second-order valence-corrected chi connectivity index (χ2v) is 11.2. The molecule has 10 heteroatoms. The molecule has 1 aromatic heterocycles. The Kier molecular flexibility index (Phi) is 9.98. The fourth-order valence-corrected chi connectivity index (χ4v) is 5.86. The molecule has 2 N–H and O–H groups in total. The Labute approximate surface area is 238 Å². The van der Waals surface area contributed by atoms with Crippen LogP contribution in [0.15, 0.2) is 58.5 Å². The minimum absolute atomic E-state index is 0.0633. The van der Waals surface area contributed by atoms with Crippen LogP contribution in [0.4, 0.5) is 0 Å². The van der Waals surface area contributed by atoms with Gasteiger partial charge < -0.3 is 15.5 Å². The van der Waals surface area contributed by atoms with Crippen molar-refractivity contribution in [1.82, 2.24) is 19.4 Å². The summed E-state index contributed by atoms with van der Waals surface area (Å²) in [7, 11) is 1.77. The molecule has 4 rings (SSSR count). The summed E-state index contributed by atoms with van der Waals surface area (Å²) in [6.45, 7) is 4.03. The van der Waals surface area contributed by atoms with E-state index in [2.05, 4.69) is 6.92 Å². The van der Waals surface area contributed by atoms with Crippen LogP contribution in [0.5, 0.6) is 0 Å². The van der Waals surface area contributed by atoms with Crippen molar-refractivity contribution in [3.8, 4) is 0 Å². The molecule has 1 aliphatic rings. The number of rotatable bonds is 11. The highest BCUT2D eigenvalue weighted by Crippen LogP contribution is 2.23. The summed E-state index contributed by atoms with van der Waals surface area (Å²) in [5, 5.41) is 0.916. The van der Waals surface area contributed by atoms with Crippen molar-refractivity contribution in [2.24, 2.45) is 11.7 Å². The number of carbonyl (C=O) groups excluding carboxylic acids is 3. The normalized spacial score (nSPS) is 13.9. The van der Waals surface area contributed by atoms with Crippen LogP contribution in [-0.2, 0) is 22.7 Å². The number of amides is 3. The van der Waals surface area contributed by atoms with Crippen LogP contribution in [0, 0.1) is 5.92 Å². The van der Waals surface area contributed by atoms with Gasteiger partial charge in [0.1, 0.15) is 0 Å². The molecular formula is C30H37N5O4S. The summed E-state index contributed by atoms with van der Waals surface area (Å²) in [4.78, 5) is 59.3. The minimum atomic E-state index is -0.327. The molecule has 0 radical (unpaired) electrons. The van der Waals surface area contributed by atoms with Gasteiger partial charge in [0, 0.05) is 44.7 Å². The minimum Gasteiger partial charge on any atom is -0.369 e. The van der Waals surface area contributed by atoms with Crippen molar-refractivity contribution in [2.75, 3.05) is 25.9 Å². The Balaban J connectivity index is 1.55. The van der Waals surface area contributed by atoms with E-state index in [0.717, 1.165) is 24.8 Å². The van der Waals surface area contributed by atoms with Gasteiger partial charge in [-0.1, -0.05) is 61.9 Å². The first-order valence-electron chi connectivity index (χ1n) is 13.8. The molecule has 1 saturated heterocycles. The van der Waals surface area contributed by atoms with E-state index in [0.29, 0.717) is 60.6 Å². The molecule has 1 fully saturated rings. The van der Waals surface area contributed by atoms with Gasteiger partial charge in [-0.2, -0.15) is 0 Å². The second-order valence-electron chi connectivity index (χ2n) is 10.3. The molecule has 212 valence electrons. The van der Waals surface area contributed by atoms with Crippen LogP contribution < -0.4 is 11.3 Å². The van der Waals surface area contributed by atoms with Gasteiger partial charge in [-0.15, -0.1) is 0 Å². The van der Waals surface area contributed by atoms with Gasteiger partial charge in [-0.25, -0.2) is 4.98 Å². The molecule has 0 bridgehead atoms. The third-order valence-corrected chi connectivity index (χ3v) is 8.31. The number of aromatic nitrogens is 2. The summed E-state index contributed by atoms with van der Waals surface area (Å²) < 4.78 is 1.66. The van der Waals surface area contributed by atoms with E-state index < -0.39 is 0 Å². The predicted octanol–water partition coefficient (Wildman–Crippen LogP) is 3.67. The van der Waals surface area contributed by atoms with Gasteiger partial charge >= 0.3 is 0 Å². The summed E-state index contributed by atoms with van der Waals surface area (Å²) >= 11 is 1.25. The first kappa shape index (κ1) is 29.3. The number of fused-ring (bicyclic) bond motifs is 1. The van der Waals surface area contributed by atoms with Gasteiger partial charge in [0.2, 0.25) is 11.8 Å². The van der Waals surface area contributed by atoms with E-state index in [1.807, 2.05) is 30.3 Å². The number of primary amides is 1. The van der Waals surface area contributed by atoms with Crippen LogP contribution in [0.3, 0.4) is 0 Å². The van der Waals surface area contributed by atoms with Crippen LogP contribution in [0.1, 0.15) is 54.9 Å². The number of hydrogen-bond donors (Lipinski definition) is 1. The zero-order valence-electron chi connectivity index (χ0n) is 23.2. The lowest BCUT2D eigenvalue weighted by atomic mass is 9.96. The van der Waals surface area contributed by atoms with Crippen LogP contribution in [-0.4, -0.2) is 63.0 Å². The average molecular weight is 564 g/mol. The van der Waals surface area contributed by atoms with E-state index in [1.165, 1.54) is 11.8 Å². The Hall–Kier alpha value is -3.66. The first-order chi connectivity index (χ1) is 19.3. The van der Waals surface area contributed by atoms with Gasteiger partial charge in [0.05, 0.1) is 16.7 Å². The maximum Gasteiger partial charge on any atom is 0.262 e. The molecule has 9 nitrogen and oxygen atoms in total. The highest BCUT2D eigenvalue weighted by Gasteiger charge is 2.27. The third-order valence-electron chi connectivity index (χ3n) is 7.35. The largest absolute Gasteiger partial charge is 0.369 e. The molecular weight excluding hydrogens is 526 g/mol. The number of benzene rings is 2. The highest BCUT2D eigenvalue weighted by molar-refractivity contribution is 7.99. The third kappa shape index (κ3) is 7.10. The van der Waals surface area contributed by atoms with E-state index in [4.69, 9.17) is 10.7 Å². The number of hydrogen-bond acceptors (Lipinski definition) is 6. The molecule has 0 unspecified atom stereocenters. The zero-order chi connectivity index (χ0) is 28.6.